The fourth-order valence-corrected chi connectivity index (χ4v) is 12.3. The summed E-state index contributed by atoms with van der Waals surface area (Å²) in [5.41, 5.74) is 0. The first-order chi connectivity index (χ1) is 21.5. The number of hydrogen-bond donors (Lipinski definition) is 0. The van der Waals surface area contributed by atoms with Crippen LogP contribution in [0.5, 0.6) is 0 Å². The second-order valence-corrected chi connectivity index (χ2v) is 22.3. The molecule has 2 aliphatic carbocycles. The third-order valence-electron chi connectivity index (χ3n) is 11.0. The van der Waals surface area contributed by atoms with Gasteiger partial charge in [0.2, 0.25) is 0 Å². The molecule has 1 aromatic carbocycles. The van der Waals surface area contributed by atoms with E-state index in [1.807, 2.05) is 0 Å². The van der Waals surface area contributed by atoms with Gasteiger partial charge in [-0.25, -0.2) is 0 Å². The molecule has 0 aromatic heterocycles. The SMILES string of the molecule is COCCOCO[C@H]1CC[C@@H]2[C@H]1C([Se]c1ccccc1)[C@H]1OC(=O)[C@H]([C@@H](C)CCC3OCCO3)[C@H]1C[C@@H]2O[Si](C)(C)C(C)(C)C. The standard InChI is InChI=1S/C35H56O8SeSi/c1-23(13-16-29-39-19-20-40-29)30-26-21-28(43-45(6,7)35(2,3)4)25-14-15-27(41-22-38-18-17-37-5)31(25)33(32(26)42-34(30)36)44-24-11-9-8-10-12-24/h8-12,23,25-33H,13-22H2,1-7H3/t23-,25-,26+,27-,28-,30+,31+,32-,33?/m0/s1. The number of fused-ring (bicyclic) bond motifs is 2. The molecule has 4 fully saturated rings. The van der Waals surface area contributed by atoms with Gasteiger partial charge in [0.15, 0.2) is 0 Å². The van der Waals surface area contributed by atoms with Gasteiger partial charge in [-0.3, -0.25) is 0 Å². The second-order valence-electron chi connectivity index (χ2n) is 14.9. The van der Waals surface area contributed by atoms with Crippen molar-refractivity contribution < 1.29 is 37.6 Å². The molecule has 0 spiro atoms. The molecule has 0 radical (unpaired) electrons. The number of hydrogen-bond acceptors (Lipinski definition) is 8. The van der Waals surface area contributed by atoms with Gasteiger partial charge in [0.05, 0.1) is 0 Å². The molecule has 0 amide bonds. The average molecular weight is 712 g/mol. The Labute approximate surface area is 278 Å². The molecule has 2 aliphatic heterocycles. The van der Waals surface area contributed by atoms with Crippen molar-refractivity contribution >= 4 is 33.7 Å². The second kappa shape index (κ2) is 15.6. The molecule has 5 rings (SSSR count). The van der Waals surface area contributed by atoms with Crippen LogP contribution in [-0.2, 0) is 37.6 Å². The van der Waals surface area contributed by atoms with Crippen LogP contribution in [-0.4, -0.2) is 94.2 Å². The average Bonchev–Trinajstić information content (AvgIpc) is 3.72. The number of carbonyl (C=O) groups is 1. The summed E-state index contributed by atoms with van der Waals surface area (Å²) in [6, 6.07) is 10.8. The van der Waals surface area contributed by atoms with E-state index in [2.05, 4.69) is 71.1 Å². The summed E-state index contributed by atoms with van der Waals surface area (Å²) in [7, 11) is -0.429. The summed E-state index contributed by atoms with van der Waals surface area (Å²) in [6.07, 6.45) is 4.32. The maximum atomic E-state index is 13.9. The Balaban J connectivity index is 1.47. The van der Waals surface area contributed by atoms with Crippen molar-refractivity contribution in [2.24, 2.45) is 29.6 Å². The number of benzene rings is 1. The van der Waals surface area contributed by atoms with Gasteiger partial charge >= 0.3 is 279 Å². The minimum absolute atomic E-state index is 0.0317. The molecule has 0 N–H and O–H groups in total. The Kier molecular flexibility index (Phi) is 12.3. The first-order valence-electron chi connectivity index (χ1n) is 17.0. The molecule has 9 atom stereocenters. The van der Waals surface area contributed by atoms with Gasteiger partial charge in [0.1, 0.15) is 0 Å². The van der Waals surface area contributed by atoms with E-state index in [0.29, 0.717) is 32.3 Å². The van der Waals surface area contributed by atoms with E-state index < -0.39 is 8.32 Å². The van der Waals surface area contributed by atoms with E-state index in [-0.39, 0.29) is 85.8 Å². The van der Waals surface area contributed by atoms with Crippen LogP contribution in [0.2, 0.25) is 22.9 Å². The molecular weight excluding hydrogens is 655 g/mol. The predicted molar refractivity (Wildman–Crippen MR) is 177 cm³/mol. The zero-order valence-corrected chi connectivity index (χ0v) is 31.1. The molecule has 45 heavy (non-hydrogen) atoms. The number of carbonyl (C=O) groups excluding carboxylic acids is 1. The van der Waals surface area contributed by atoms with Crippen molar-refractivity contribution in [3.05, 3.63) is 30.3 Å². The van der Waals surface area contributed by atoms with Gasteiger partial charge in [-0.05, 0) is 0 Å². The number of ether oxygens (including phenoxy) is 6. The van der Waals surface area contributed by atoms with E-state index in [1.54, 1.807) is 7.11 Å². The van der Waals surface area contributed by atoms with Crippen molar-refractivity contribution in [2.75, 3.05) is 40.3 Å². The summed E-state index contributed by atoms with van der Waals surface area (Å²) in [4.78, 5) is 14.1. The minimum atomic E-state index is -2.11. The summed E-state index contributed by atoms with van der Waals surface area (Å²) in [5.74, 6) is 0.641. The van der Waals surface area contributed by atoms with Crippen LogP contribution in [0.25, 0.3) is 0 Å². The summed E-state index contributed by atoms with van der Waals surface area (Å²) in [6.45, 7) is 16.5. The summed E-state index contributed by atoms with van der Waals surface area (Å²) < 4.78 is 44.3. The quantitative estimate of drug-likeness (QED) is 0.107. The van der Waals surface area contributed by atoms with Crippen molar-refractivity contribution in [2.45, 2.75) is 107 Å². The Morgan fingerprint density at radius 2 is 1.76 bits per heavy atom. The van der Waals surface area contributed by atoms with Crippen LogP contribution in [0.4, 0.5) is 0 Å². The van der Waals surface area contributed by atoms with E-state index in [0.717, 1.165) is 32.1 Å². The number of methoxy groups -OCH3 is 1. The molecule has 1 aromatic rings. The Bertz CT molecular complexity index is 1080. The van der Waals surface area contributed by atoms with Crippen LogP contribution < -0.4 is 4.46 Å². The monoisotopic (exact) mass is 712 g/mol. The van der Waals surface area contributed by atoms with Crippen LogP contribution in [0.15, 0.2) is 30.3 Å². The molecule has 2 saturated heterocycles. The third kappa shape index (κ3) is 8.44. The van der Waals surface area contributed by atoms with Crippen molar-refractivity contribution in [3.8, 4) is 0 Å². The first kappa shape index (κ1) is 35.5. The molecule has 1 unspecified atom stereocenters. The zero-order valence-electron chi connectivity index (χ0n) is 28.4. The fourth-order valence-electron chi connectivity index (χ4n) is 7.67. The number of esters is 1. The number of rotatable bonds is 14. The van der Waals surface area contributed by atoms with Gasteiger partial charge in [-0.2, -0.15) is 0 Å². The topological polar surface area (TPSA) is 81.7 Å². The Morgan fingerprint density at radius 3 is 2.44 bits per heavy atom. The molecule has 0 bridgehead atoms. The van der Waals surface area contributed by atoms with E-state index in [1.165, 1.54) is 4.46 Å². The Hall–Kier alpha value is -0.814. The van der Waals surface area contributed by atoms with E-state index in [9.17, 15) is 4.79 Å². The van der Waals surface area contributed by atoms with E-state index in [4.69, 9.17) is 32.8 Å². The van der Waals surface area contributed by atoms with Gasteiger partial charge in [0, 0.05) is 0 Å². The molecule has 2 saturated carbocycles. The van der Waals surface area contributed by atoms with Gasteiger partial charge < -0.3 is 0 Å². The van der Waals surface area contributed by atoms with Crippen molar-refractivity contribution in [1.82, 2.24) is 0 Å². The fraction of sp³-hybridized carbons (Fsp3) is 0.800. The van der Waals surface area contributed by atoms with Crippen LogP contribution >= 0.6 is 0 Å². The molecule has 254 valence electrons. The Morgan fingerprint density at radius 1 is 1.02 bits per heavy atom. The molecule has 4 aliphatic rings. The van der Waals surface area contributed by atoms with Gasteiger partial charge in [-0.1, -0.05) is 0 Å². The van der Waals surface area contributed by atoms with Gasteiger partial charge in [-0.15, -0.1) is 0 Å². The van der Waals surface area contributed by atoms with Gasteiger partial charge in [0.25, 0.3) is 0 Å². The molecule has 10 heteroatoms. The molecule has 8 nitrogen and oxygen atoms in total. The normalized spacial score (nSPS) is 33.1. The summed E-state index contributed by atoms with van der Waals surface area (Å²) in [5, 5.41) is 0.0846. The zero-order chi connectivity index (χ0) is 32.2. The molecule has 2 heterocycles. The summed E-state index contributed by atoms with van der Waals surface area (Å²) >= 11 is 0.0890. The molecular formula is C35H56O8SeSi. The van der Waals surface area contributed by atoms with Crippen LogP contribution in [0.1, 0.15) is 59.8 Å². The third-order valence-corrected chi connectivity index (χ3v) is 18.5. The predicted octanol–water partition coefficient (Wildman–Crippen LogP) is 5.58. The first-order valence-corrected chi connectivity index (χ1v) is 21.8. The van der Waals surface area contributed by atoms with Crippen molar-refractivity contribution in [3.63, 3.8) is 0 Å². The van der Waals surface area contributed by atoms with Crippen molar-refractivity contribution in [1.29, 1.82) is 0 Å². The maximum absolute atomic E-state index is 13.9. The van der Waals surface area contributed by atoms with Crippen LogP contribution in [0, 0.1) is 29.6 Å². The van der Waals surface area contributed by atoms with E-state index >= 15 is 0 Å². The van der Waals surface area contributed by atoms with Crippen LogP contribution in [0.3, 0.4) is 0 Å².